The van der Waals surface area contributed by atoms with E-state index < -0.39 is 0 Å². The van der Waals surface area contributed by atoms with Crippen LogP contribution >= 0.6 is 11.8 Å². The van der Waals surface area contributed by atoms with E-state index in [1.165, 1.54) is 10.6 Å². The van der Waals surface area contributed by atoms with Gasteiger partial charge in [0.25, 0.3) is 11.1 Å². The highest BCUT2D eigenvalue weighted by Gasteiger charge is 2.37. The molecule has 1 saturated heterocycles. The van der Waals surface area contributed by atoms with Crippen molar-refractivity contribution >= 4 is 34.7 Å². The standard InChI is InChI=1S/C18H24N2O2S/c1-5-13(4)20-17(21)16(23-18(20)22)12-14-8-10-15(11-9-14)19(6-2)7-3/h8-13H,5-7H2,1-4H3/b16-12-/t13-/m0/s1. The summed E-state index contributed by atoms with van der Waals surface area (Å²) in [6.45, 7) is 10.1. The zero-order valence-corrected chi connectivity index (χ0v) is 15.0. The van der Waals surface area contributed by atoms with Crippen LogP contribution in [0.4, 0.5) is 10.5 Å². The van der Waals surface area contributed by atoms with Crippen molar-refractivity contribution in [3.05, 3.63) is 34.7 Å². The quantitative estimate of drug-likeness (QED) is 0.725. The lowest BCUT2D eigenvalue weighted by molar-refractivity contribution is -0.124. The fourth-order valence-electron chi connectivity index (χ4n) is 2.56. The molecule has 0 saturated carbocycles. The van der Waals surface area contributed by atoms with Crippen LogP contribution in [0, 0.1) is 0 Å². The Balaban J connectivity index is 2.19. The van der Waals surface area contributed by atoms with Crippen molar-refractivity contribution in [2.75, 3.05) is 18.0 Å². The van der Waals surface area contributed by atoms with Gasteiger partial charge in [0.2, 0.25) is 0 Å². The van der Waals surface area contributed by atoms with Crippen LogP contribution in [0.3, 0.4) is 0 Å². The zero-order valence-electron chi connectivity index (χ0n) is 14.2. The summed E-state index contributed by atoms with van der Waals surface area (Å²) in [6.07, 6.45) is 2.57. The molecule has 1 aromatic rings. The van der Waals surface area contributed by atoms with Gasteiger partial charge in [-0.05, 0) is 62.7 Å². The molecule has 124 valence electrons. The van der Waals surface area contributed by atoms with E-state index in [0.717, 1.165) is 36.8 Å². The Kier molecular flexibility index (Phi) is 5.88. The zero-order chi connectivity index (χ0) is 17.0. The maximum Gasteiger partial charge on any atom is 0.293 e. The fourth-order valence-corrected chi connectivity index (χ4v) is 3.49. The monoisotopic (exact) mass is 332 g/mol. The highest BCUT2D eigenvalue weighted by molar-refractivity contribution is 8.18. The molecule has 4 nitrogen and oxygen atoms in total. The maximum absolute atomic E-state index is 12.4. The third kappa shape index (κ3) is 3.78. The van der Waals surface area contributed by atoms with E-state index >= 15 is 0 Å². The number of anilines is 1. The Bertz CT molecular complexity index is 606. The van der Waals surface area contributed by atoms with Gasteiger partial charge in [-0.25, -0.2) is 0 Å². The molecule has 2 amide bonds. The van der Waals surface area contributed by atoms with E-state index in [1.807, 2.05) is 26.0 Å². The Morgan fingerprint density at radius 1 is 1.13 bits per heavy atom. The molecular weight excluding hydrogens is 308 g/mol. The topological polar surface area (TPSA) is 40.6 Å². The summed E-state index contributed by atoms with van der Waals surface area (Å²) in [4.78, 5) is 28.6. The molecule has 0 aliphatic carbocycles. The van der Waals surface area contributed by atoms with E-state index in [2.05, 4.69) is 30.9 Å². The summed E-state index contributed by atoms with van der Waals surface area (Å²) in [6, 6.07) is 8.03. The lowest BCUT2D eigenvalue weighted by Crippen LogP contribution is -2.36. The minimum Gasteiger partial charge on any atom is -0.372 e. The largest absolute Gasteiger partial charge is 0.372 e. The first-order valence-electron chi connectivity index (χ1n) is 8.13. The molecule has 1 aliphatic rings. The third-order valence-corrected chi connectivity index (χ3v) is 5.06. The van der Waals surface area contributed by atoms with Gasteiger partial charge in [0.05, 0.1) is 4.91 Å². The van der Waals surface area contributed by atoms with E-state index in [0.29, 0.717) is 4.91 Å². The number of rotatable bonds is 6. The maximum atomic E-state index is 12.4. The van der Waals surface area contributed by atoms with Gasteiger partial charge < -0.3 is 4.90 Å². The number of benzene rings is 1. The number of hydrogen-bond acceptors (Lipinski definition) is 4. The second-order valence-electron chi connectivity index (χ2n) is 5.57. The Morgan fingerprint density at radius 3 is 2.26 bits per heavy atom. The summed E-state index contributed by atoms with van der Waals surface area (Å²) < 4.78 is 0. The molecule has 1 heterocycles. The molecule has 0 bridgehead atoms. The predicted molar refractivity (Wildman–Crippen MR) is 97.6 cm³/mol. The van der Waals surface area contributed by atoms with Crippen LogP contribution in [0.25, 0.3) is 6.08 Å². The summed E-state index contributed by atoms with van der Waals surface area (Å²) >= 11 is 1.03. The lowest BCUT2D eigenvalue weighted by atomic mass is 10.1. The molecule has 2 rings (SSSR count). The smallest absolute Gasteiger partial charge is 0.293 e. The van der Waals surface area contributed by atoms with Crippen LogP contribution in [0.2, 0.25) is 0 Å². The number of nitrogens with zero attached hydrogens (tertiary/aromatic N) is 2. The van der Waals surface area contributed by atoms with Crippen LogP contribution in [0.15, 0.2) is 29.2 Å². The first-order chi connectivity index (χ1) is 11.0. The van der Waals surface area contributed by atoms with E-state index in [4.69, 9.17) is 0 Å². The van der Waals surface area contributed by atoms with E-state index in [-0.39, 0.29) is 17.2 Å². The molecule has 5 heteroatoms. The van der Waals surface area contributed by atoms with Gasteiger partial charge in [0.1, 0.15) is 0 Å². The number of amides is 2. The number of imide groups is 1. The van der Waals surface area contributed by atoms with Crippen LogP contribution in [0.1, 0.15) is 39.7 Å². The molecule has 1 aliphatic heterocycles. The number of carbonyl (C=O) groups is 2. The van der Waals surface area contributed by atoms with Crippen molar-refractivity contribution in [3.8, 4) is 0 Å². The van der Waals surface area contributed by atoms with E-state index in [1.54, 1.807) is 6.08 Å². The Labute approximate surface area is 142 Å². The summed E-state index contributed by atoms with van der Waals surface area (Å²) in [5.41, 5.74) is 2.11. The molecule has 0 radical (unpaired) electrons. The van der Waals surface area contributed by atoms with Gasteiger partial charge in [-0.2, -0.15) is 0 Å². The molecule has 0 N–H and O–H groups in total. The molecule has 1 fully saturated rings. The highest BCUT2D eigenvalue weighted by Crippen LogP contribution is 2.34. The van der Waals surface area contributed by atoms with Crippen molar-refractivity contribution in [3.63, 3.8) is 0 Å². The van der Waals surface area contributed by atoms with Crippen molar-refractivity contribution in [1.82, 2.24) is 4.90 Å². The van der Waals surface area contributed by atoms with Crippen LogP contribution in [-0.2, 0) is 4.79 Å². The van der Waals surface area contributed by atoms with Gasteiger partial charge in [0.15, 0.2) is 0 Å². The SMILES string of the molecule is CC[C@H](C)N1C(=O)S/C(=C\c2ccc(N(CC)CC)cc2)C1=O. The van der Waals surface area contributed by atoms with E-state index in [9.17, 15) is 9.59 Å². The molecule has 0 unspecified atom stereocenters. The minimum absolute atomic E-state index is 0.0570. The normalized spacial score (nSPS) is 17.9. The van der Waals surface area contributed by atoms with Crippen molar-refractivity contribution in [2.24, 2.45) is 0 Å². The third-order valence-electron chi connectivity index (χ3n) is 4.17. The average molecular weight is 332 g/mol. The summed E-state index contributed by atoms with van der Waals surface area (Å²) in [5.74, 6) is -0.179. The first-order valence-corrected chi connectivity index (χ1v) is 8.95. The minimum atomic E-state index is -0.179. The molecule has 23 heavy (non-hydrogen) atoms. The molecule has 1 aromatic carbocycles. The van der Waals surface area contributed by atoms with Gasteiger partial charge in [-0.1, -0.05) is 19.1 Å². The first kappa shape index (κ1) is 17.6. The van der Waals surface area contributed by atoms with Crippen molar-refractivity contribution in [1.29, 1.82) is 0 Å². The van der Waals surface area contributed by atoms with Crippen LogP contribution in [-0.4, -0.2) is 35.2 Å². The number of thioether (sulfide) groups is 1. The summed E-state index contributed by atoms with van der Waals surface area (Å²) in [5, 5.41) is -0.171. The number of carbonyl (C=O) groups excluding carboxylic acids is 2. The van der Waals surface area contributed by atoms with Crippen molar-refractivity contribution in [2.45, 2.75) is 40.2 Å². The Morgan fingerprint density at radius 2 is 1.74 bits per heavy atom. The fraction of sp³-hybridized carbons (Fsp3) is 0.444. The number of hydrogen-bond donors (Lipinski definition) is 0. The van der Waals surface area contributed by atoms with Crippen molar-refractivity contribution < 1.29 is 9.59 Å². The second kappa shape index (κ2) is 7.68. The van der Waals surface area contributed by atoms with Crippen LogP contribution < -0.4 is 4.90 Å². The van der Waals surface area contributed by atoms with Gasteiger partial charge in [-0.15, -0.1) is 0 Å². The average Bonchev–Trinajstić information content (AvgIpc) is 2.83. The van der Waals surface area contributed by atoms with Crippen LogP contribution in [0.5, 0.6) is 0 Å². The van der Waals surface area contributed by atoms with Gasteiger partial charge in [-0.3, -0.25) is 14.5 Å². The van der Waals surface area contributed by atoms with Gasteiger partial charge >= 0.3 is 0 Å². The summed E-state index contributed by atoms with van der Waals surface area (Å²) in [7, 11) is 0. The predicted octanol–water partition coefficient (Wildman–Crippen LogP) is 4.37. The Hall–Kier alpha value is -1.75. The van der Waals surface area contributed by atoms with Gasteiger partial charge in [0, 0.05) is 24.8 Å². The lowest BCUT2D eigenvalue weighted by Gasteiger charge is -2.21. The highest BCUT2D eigenvalue weighted by atomic mass is 32.2. The molecular formula is C18H24N2O2S. The second-order valence-corrected chi connectivity index (χ2v) is 6.57. The molecule has 0 spiro atoms. The molecule has 1 atom stereocenters. The molecule has 0 aromatic heterocycles.